The molecular formula is C12H14N2O5. The van der Waals surface area contributed by atoms with Crippen molar-refractivity contribution in [3.05, 3.63) is 33.9 Å². The van der Waals surface area contributed by atoms with Crippen LogP contribution in [0.25, 0.3) is 0 Å². The van der Waals surface area contributed by atoms with E-state index >= 15 is 0 Å². The predicted molar refractivity (Wildman–Crippen MR) is 67.0 cm³/mol. The Hall–Kier alpha value is -2.44. The summed E-state index contributed by atoms with van der Waals surface area (Å²) in [6.07, 6.45) is 0.579. The quantitative estimate of drug-likeness (QED) is 0.455. The molecule has 0 radical (unpaired) electrons. The molecule has 0 bridgehead atoms. The number of carbonyl (C=O) groups excluding carboxylic acids is 2. The number of hydrogen-bond donors (Lipinski definition) is 1. The molecule has 1 rings (SSSR count). The summed E-state index contributed by atoms with van der Waals surface area (Å²) >= 11 is 0. The number of ether oxygens (including phenoxy) is 1. The van der Waals surface area contributed by atoms with Gasteiger partial charge in [0.2, 0.25) is 0 Å². The molecule has 0 heterocycles. The number of nitrogens with two attached hydrogens (primary N) is 1. The van der Waals surface area contributed by atoms with Crippen LogP contribution in [0.2, 0.25) is 0 Å². The molecule has 19 heavy (non-hydrogen) atoms. The number of hydrogen-bond acceptors (Lipinski definition) is 5. The van der Waals surface area contributed by atoms with Crippen molar-refractivity contribution in [1.82, 2.24) is 0 Å². The Morgan fingerprint density at radius 3 is 2.74 bits per heavy atom. The highest BCUT2D eigenvalue weighted by molar-refractivity contribution is 5.80. The molecule has 0 aromatic heterocycles. The van der Waals surface area contributed by atoms with E-state index in [1.165, 1.54) is 12.1 Å². The van der Waals surface area contributed by atoms with Crippen LogP contribution >= 0.6 is 0 Å². The number of nitrogens with zero attached hydrogens (tertiary/aromatic N) is 1. The van der Waals surface area contributed by atoms with E-state index in [0.29, 0.717) is 19.1 Å². The number of nitro groups is 1. The predicted octanol–water partition coefficient (Wildman–Crippen LogP) is 1.44. The Bertz CT molecular complexity index is 501. The average Bonchev–Trinajstić information content (AvgIpc) is 2.38. The molecule has 1 atom stereocenters. The van der Waals surface area contributed by atoms with Crippen LogP contribution in [-0.2, 0) is 4.79 Å². The monoisotopic (exact) mass is 266 g/mol. The molecule has 0 fully saturated rings. The number of amides is 1. The van der Waals surface area contributed by atoms with Crippen molar-refractivity contribution in [3.63, 3.8) is 0 Å². The zero-order valence-electron chi connectivity index (χ0n) is 10.4. The summed E-state index contributed by atoms with van der Waals surface area (Å²) in [6.45, 7) is 1.84. The van der Waals surface area contributed by atoms with Gasteiger partial charge < -0.3 is 10.5 Å². The molecule has 0 spiro atoms. The van der Waals surface area contributed by atoms with E-state index in [2.05, 4.69) is 0 Å². The van der Waals surface area contributed by atoms with E-state index in [4.69, 9.17) is 10.5 Å². The van der Waals surface area contributed by atoms with Crippen molar-refractivity contribution in [1.29, 1.82) is 0 Å². The van der Waals surface area contributed by atoms with E-state index in [-0.39, 0.29) is 17.0 Å². The van der Waals surface area contributed by atoms with Gasteiger partial charge in [0.05, 0.1) is 4.92 Å². The first kappa shape index (κ1) is 14.6. The molecule has 0 saturated heterocycles. The molecule has 1 aromatic carbocycles. The number of nitro benzene ring substituents is 1. The van der Waals surface area contributed by atoms with Gasteiger partial charge in [0.15, 0.2) is 11.9 Å². The Labute approximate surface area is 109 Å². The molecule has 0 aliphatic rings. The molecule has 0 aliphatic carbocycles. The van der Waals surface area contributed by atoms with Gasteiger partial charge in [-0.15, -0.1) is 0 Å². The van der Waals surface area contributed by atoms with Crippen LogP contribution in [-0.4, -0.2) is 23.2 Å². The van der Waals surface area contributed by atoms with Crippen LogP contribution in [0.5, 0.6) is 5.75 Å². The minimum atomic E-state index is -0.925. The Morgan fingerprint density at radius 2 is 2.26 bits per heavy atom. The first-order valence-corrected chi connectivity index (χ1v) is 5.69. The molecule has 1 unspecified atom stereocenters. The van der Waals surface area contributed by atoms with Gasteiger partial charge in [0.25, 0.3) is 5.91 Å². The van der Waals surface area contributed by atoms with Gasteiger partial charge in [0, 0.05) is 11.6 Å². The summed E-state index contributed by atoms with van der Waals surface area (Å²) in [7, 11) is 0. The topological polar surface area (TPSA) is 113 Å². The van der Waals surface area contributed by atoms with Crippen LogP contribution < -0.4 is 10.5 Å². The molecule has 7 nitrogen and oxygen atoms in total. The lowest BCUT2D eigenvalue weighted by molar-refractivity contribution is -0.386. The van der Waals surface area contributed by atoms with Crippen molar-refractivity contribution >= 4 is 17.9 Å². The lowest BCUT2D eigenvalue weighted by Gasteiger charge is -2.15. The summed E-state index contributed by atoms with van der Waals surface area (Å²) in [5, 5.41) is 10.9. The van der Waals surface area contributed by atoms with Gasteiger partial charge in [-0.1, -0.05) is 13.3 Å². The van der Waals surface area contributed by atoms with Crippen LogP contribution in [0.15, 0.2) is 18.2 Å². The lowest BCUT2D eigenvalue weighted by Crippen LogP contribution is -2.33. The SMILES string of the molecule is CCCC(Oc1ccc(C=O)cc1[N+](=O)[O-])C(N)=O. The fourth-order valence-electron chi connectivity index (χ4n) is 1.52. The minimum absolute atomic E-state index is 0.0761. The summed E-state index contributed by atoms with van der Waals surface area (Å²) in [6, 6.07) is 3.75. The van der Waals surface area contributed by atoms with Crippen molar-refractivity contribution in [3.8, 4) is 5.75 Å². The zero-order valence-corrected chi connectivity index (χ0v) is 10.4. The van der Waals surface area contributed by atoms with Crippen molar-refractivity contribution in [2.24, 2.45) is 5.73 Å². The highest BCUT2D eigenvalue weighted by Gasteiger charge is 2.22. The van der Waals surface area contributed by atoms with Gasteiger partial charge in [-0.2, -0.15) is 0 Å². The normalized spacial score (nSPS) is 11.6. The Kier molecular flexibility index (Phi) is 4.99. The second-order valence-electron chi connectivity index (χ2n) is 3.90. The minimum Gasteiger partial charge on any atom is -0.473 e. The number of benzene rings is 1. The Morgan fingerprint density at radius 1 is 1.58 bits per heavy atom. The second-order valence-corrected chi connectivity index (χ2v) is 3.90. The maximum absolute atomic E-state index is 11.2. The number of carbonyl (C=O) groups is 2. The first-order chi connectivity index (χ1) is 8.99. The van der Waals surface area contributed by atoms with Gasteiger partial charge >= 0.3 is 5.69 Å². The first-order valence-electron chi connectivity index (χ1n) is 5.69. The van der Waals surface area contributed by atoms with Crippen LogP contribution in [0.3, 0.4) is 0 Å². The molecule has 0 saturated carbocycles. The van der Waals surface area contributed by atoms with Gasteiger partial charge in [-0.05, 0) is 18.6 Å². The number of primary amides is 1. The van der Waals surface area contributed by atoms with Crippen LogP contribution in [0.1, 0.15) is 30.1 Å². The van der Waals surface area contributed by atoms with Crippen LogP contribution in [0, 0.1) is 10.1 Å². The summed E-state index contributed by atoms with van der Waals surface area (Å²) in [5.74, 6) is -0.761. The largest absolute Gasteiger partial charge is 0.473 e. The summed E-state index contributed by atoms with van der Waals surface area (Å²) in [5.41, 5.74) is 4.95. The van der Waals surface area contributed by atoms with Crippen molar-refractivity contribution in [2.45, 2.75) is 25.9 Å². The number of aldehydes is 1. The third-order valence-corrected chi connectivity index (χ3v) is 2.45. The van der Waals surface area contributed by atoms with Crippen molar-refractivity contribution < 1.29 is 19.2 Å². The standard InChI is InChI=1S/C12H14N2O5/c1-2-3-11(12(13)16)19-10-5-4-8(7-15)6-9(10)14(17)18/h4-7,11H,2-3H2,1H3,(H2,13,16). The number of rotatable bonds is 7. The molecule has 0 aliphatic heterocycles. The molecular weight excluding hydrogens is 252 g/mol. The van der Waals surface area contributed by atoms with E-state index in [0.717, 1.165) is 6.07 Å². The zero-order chi connectivity index (χ0) is 14.4. The molecule has 1 aromatic rings. The highest BCUT2D eigenvalue weighted by Crippen LogP contribution is 2.29. The van der Waals surface area contributed by atoms with Crippen LogP contribution in [0.4, 0.5) is 5.69 Å². The summed E-state index contributed by atoms with van der Waals surface area (Å²) in [4.78, 5) is 32.0. The maximum Gasteiger partial charge on any atom is 0.311 e. The second kappa shape index (κ2) is 6.48. The van der Waals surface area contributed by atoms with Gasteiger partial charge in [-0.25, -0.2) is 0 Å². The van der Waals surface area contributed by atoms with E-state index in [1.54, 1.807) is 0 Å². The average molecular weight is 266 g/mol. The Balaban J connectivity index is 3.08. The molecule has 7 heteroatoms. The van der Waals surface area contributed by atoms with E-state index < -0.39 is 16.9 Å². The molecule has 102 valence electrons. The summed E-state index contributed by atoms with van der Waals surface area (Å²) < 4.78 is 5.28. The highest BCUT2D eigenvalue weighted by atomic mass is 16.6. The van der Waals surface area contributed by atoms with Crippen molar-refractivity contribution in [2.75, 3.05) is 0 Å². The molecule has 2 N–H and O–H groups in total. The third kappa shape index (κ3) is 3.77. The molecule has 1 amide bonds. The fraction of sp³-hybridized carbons (Fsp3) is 0.333. The third-order valence-electron chi connectivity index (χ3n) is 2.45. The maximum atomic E-state index is 11.2. The lowest BCUT2D eigenvalue weighted by atomic mass is 10.2. The fourth-order valence-corrected chi connectivity index (χ4v) is 1.52. The van der Waals surface area contributed by atoms with E-state index in [1.807, 2.05) is 6.92 Å². The van der Waals surface area contributed by atoms with Gasteiger partial charge in [-0.3, -0.25) is 19.7 Å². The smallest absolute Gasteiger partial charge is 0.311 e. The van der Waals surface area contributed by atoms with E-state index in [9.17, 15) is 19.7 Å². The van der Waals surface area contributed by atoms with Gasteiger partial charge in [0.1, 0.15) is 6.29 Å².